The Labute approximate surface area is 172 Å². The average Bonchev–Trinajstić information content (AvgIpc) is 2.96. The van der Waals surface area contributed by atoms with Crippen molar-refractivity contribution in [3.63, 3.8) is 0 Å². The highest BCUT2D eigenvalue weighted by Crippen LogP contribution is 2.62. The summed E-state index contributed by atoms with van der Waals surface area (Å²) < 4.78 is 6.24. The van der Waals surface area contributed by atoms with Gasteiger partial charge in [-0.2, -0.15) is 0 Å². The molecule has 6 atom stereocenters. The van der Waals surface area contributed by atoms with Gasteiger partial charge in [0.25, 0.3) is 0 Å². The van der Waals surface area contributed by atoms with Crippen molar-refractivity contribution in [3.8, 4) is 11.5 Å². The molecule has 0 saturated heterocycles. The molecule has 2 fully saturated rings. The standard InChI is InChI=1S/C25H30O4/c1-25-10-9-19-18(20(25)13-21(27)24(25)28)8-7-16-11-17(26)12-22(23(16)19)29-14-15-5-3-2-4-6-15/h2-6,11-12,18-21,24,26-28H,7-10,13-14H2,1H3/t18-,19+,20+,21-,24+,25+/m1/s1. The van der Waals surface area contributed by atoms with Crippen LogP contribution in [-0.2, 0) is 13.0 Å². The van der Waals surface area contributed by atoms with E-state index in [9.17, 15) is 15.3 Å². The van der Waals surface area contributed by atoms with Crippen molar-refractivity contribution in [2.45, 2.75) is 63.8 Å². The van der Waals surface area contributed by atoms with Crippen molar-refractivity contribution < 1.29 is 20.1 Å². The Morgan fingerprint density at radius 1 is 1.10 bits per heavy atom. The Kier molecular flexibility index (Phi) is 4.60. The number of aliphatic hydroxyl groups is 2. The molecule has 2 saturated carbocycles. The number of fused-ring (bicyclic) bond motifs is 5. The third kappa shape index (κ3) is 3.04. The van der Waals surface area contributed by atoms with E-state index < -0.39 is 12.2 Å². The molecule has 4 nitrogen and oxygen atoms in total. The minimum absolute atomic E-state index is 0.194. The normalized spacial score (nSPS) is 35.5. The van der Waals surface area contributed by atoms with Crippen molar-refractivity contribution in [2.75, 3.05) is 0 Å². The van der Waals surface area contributed by atoms with E-state index in [2.05, 4.69) is 6.92 Å². The number of ether oxygens (including phenoxy) is 1. The van der Waals surface area contributed by atoms with Gasteiger partial charge in [0.2, 0.25) is 0 Å². The summed E-state index contributed by atoms with van der Waals surface area (Å²) in [5, 5.41) is 31.3. The van der Waals surface area contributed by atoms with Crippen molar-refractivity contribution in [1.29, 1.82) is 0 Å². The molecule has 2 aromatic rings. The number of aryl methyl sites for hydroxylation is 1. The molecule has 0 radical (unpaired) electrons. The molecule has 0 bridgehead atoms. The Morgan fingerprint density at radius 3 is 2.69 bits per heavy atom. The molecular weight excluding hydrogens is 364 g/mol. The number of aromatic hydroxyl groups is 1. The fourth-order valence-electron chi connectivity index (χ4n) is 6.51. The largest absolute Gasteiger partial charge is 0.508 e. The lowest BCUT2D eigenvalue weighted by Gasteiger charge is -2.50. The summed E-state index contributed by atoms with van der Waals surface area (Å²) in [6.45, 7) is 2.64. The molecule has 3 N–H and O–H groups in total. The van der Waals surface area contributed by atoms with Gasteiger partial charge < -0.3 is 20.1 Å². The van der Waals surface area contributed by atoms with Crippen LogP contribution in [0.3, 0.4) is 0 Å². The summed E-state index contributed by atoms with van der Waals surface area (Å²) in [6.07, 6.45) is 3.30. The highest BCUT2D eigenvalue weighted by Gasteiger charge is 2.58. The zero-order valence-electron chi connectivity index (χ0n) is 16.9. The Bertz CT molecular complexity index is 895. The van der Waals surface area contributed by atoms with Gasteiger partial charge in [0.05, 0.1) is 12.2 Å². The monoisotopic (exact) mass is 394 g/mol. The van der Waals surface area contributed by atoms with Gasteiger partial charge in [-0.1, -0.05) is 37.3 Å². The Morgan fingerprint density at radius 2 is 1.90 bits per heavy atom. The molecule has 3 aliphatic carbocycles. The summed E-state index contributed by atoms with van der Waals surface area (Å²) in [7, 11) is 0. The van der Waals surface area contributed by atoms with Crippen LogP contribution in [0.1, 0.15) is 55.2 Å². The van der Waals surface area contributed by atoms with E-state index in [0.717, 1.165) is 37.0 Å². The number of phenolic OH excluding ortho intramolecular Hbond substituents is 1. The first kappa shape index (κ1) is 19.0. The summed E-state index contributed by atoms with van der Waals surface area (Å²) in [5.74, 6) is 2.19. The van der Waals surface area contributed by atoms with Gasteiger partial charge in [0.15, 0.2) is 0 Å². The molecule has 2 aromatic carbocycles. The number of hydrogen-bond donors (Lipinski definition) is 3. The zero-order valence-corrected chi connectivity index (χ0v) is 16.9. The predicted octanol–water partition coefficient (Wildman–Crippen LogP) is 4.16. The van der Waals surface area contributed by atoms with E-state index in [1.54, 1.807) is 6.07 Å². The molecule has 0 unspecified atom stereocenters. The van der Waals surface area contributed by atoms with Gasteiger partial charge >= 0.3 is 0 Å². The van der Waals surface area contributed by atoms with Gasteiger partial charge in [-0.05, 0) is 72.5 Å². The molecule has 0 heterocycles. The maximum Gasteiger partial charge on any atom is 0.127 e. The fraction of sp³-hybridized carbons (Fsp3) is 0.520. The third-order valence-corrected chi connectivity index (χ3v) is 7.98. The van der Waals surface area contributed by atoms with Gasteiger partial charge in [0.1, 0.15) is 18.1 Å². The highest BCUT2D eigenvalue weighted by atomic mass is 16.5. The lowest BCUT2D eigenvalue weighted by Crippen LogP contribution is -2.44. The van der Waals surface area contributed by atoms with Crippen molar-refractivity contribution >= 4 is 0 Å². The molecular formula is C25H30O4. The van der Waals surface area contributed by atoms with E-state index in [1.165, 1.54) is 11.1 Å². The van der Waals surface area contributed by atoms with E-state index >= 15 is 0 Å². The van der Waals surface area contributed by atoms with Crippen molar-refractivity contribution in [3.05, 3.63) is 59.2 Å². The molecule has 5 rings (SSSR count). The summed E-state index contributed by atoms with van der Waals surface area (Å²) in [4.78, 5) is 0. The van der Waals surface area contributed by atoms with Gasteiger partial charge in [-0.3, -0.25) is 0 Å². The van der Waals surface area contributed by atoms with E-state index in [0.29, 0.717) is 30.8 Å². The molecule has 0 aliphatic heterocycles. The fourth-order valence-corrected chi connectivity index (χ4v) is 6.51. The van der Waals surface area contributed by atoms with Crippen LogP contribution in [0.15, 0.2) is 42.5 Å². The molecule has 0 amide bonds. The number of phenols is 1. The van der Waals surface area contributed by atoms with Crippen molar-refractivity contribution in [1.82, 2.24) is 0 Å². The summed E-state index contributed by atoms with van der Waals surface area (Å²) in [5.41, 5.74) is 3.35. The van der Waals surface area contributed by atoms with E-state index in [-0.39, 0.29) is 11.2 Å². The topological polar surface area (TPSA) is 69.9 Å². The lowest BCUT2D eigenvalue weighted by atomic mass is 9.55. The van der Waals surface area contributed by atoms with Crippen LogP contribution in [0.5, 0.6) is 11.5 Å². The molecule has 0 aromatic heterocycles. The summed E-state index contributed by atoms with van der Waals surface area (Å²) in [6, 6.07) is 13.8. The van der Waals surface area contributed by atoms with Crippen LogP contribution in [0.25, 0.3) is 0 Å². The van der Waals surface area contributed by atoms with Gasteiger partial charge in [-0.25, -0.2) is 0 Å². The number of rotatable bonds is 3. The molecule has 3 aliphatic rings. The second-order valence-electron chi connectivity index (χ2n) is 9.50. The van der Waals surface area contributed by atoms with Crippen LogP contribution < -0.4 is 4.74 Å². The number of benzene rings is 2. The van der Waals surface area contributed by atoms with Gasteiger partial charge in [-0.15, -0.1) is 0 Å². The third-order valence-electron chi connectivity index (χ3n) is 7.98. The first-order valence-corrected chi connectivity index (χ1v) is 10.9. The Balaban J connectivity index is 1.48. The Hall–Kier alpha value is -2.04. The lowest BCUT2D eigenvalue weighted by molar-refractivity contribution is -0.0507. The molecule has 0 spiro atoms. The van der Waals surface area contributed by atoms with Crippen LogP contribution in [-0.4, -0.2) is 27.5 Å². The minimum atomic E-state index is -0.622. The second-order valence-corrected chi connectivity index (χ2v) is 9.50. The van der Waals surface area contributed by atoms with Gasteiger partial charge in [0, 0.05) is 11.6 Å². The molecule has 154 valence electrons. The second kappa shape index (κ2) is 7.03. The summed E-state index contributed by atoms with van der Waals surface area (Å²) >= 11 is 0. The number of hydrogen-bond acceptors (Lipinski definition) is 4. The highest BCUT2D eigenvalue weighted by molar-refractivity contribution is 5.50. The van der Waals surface area contributed by atoms with Crippen LogP contribution in [0.4, 0.5) is 0 Å². The smallest absolute Gasteiger partial charge is 0.127 e. The first-order chi connectivity index (χ1) is 14.0. The minimum Gasteiger partial charge on any atom is -0.508 e. The van der Waals surface area contributed by atoms with Crippen LogP contribution >= 0.6 is 0 Å². The maximum atomic E-state index is 10.6. The number of aliphatic hydroxyl groups excluding tert-OH is 2. The first-order valence-electron chi connectivity index (χ1n) is 10.9. The van der Waals surface area contributed by atoms with Crippen LogP contribution in [0.2, 0.25) is 0 Å². The van der Waals surface area contributed by atoms with E-state index in [1.807, 2.05) is 36.4 Å². The average molecular weight is 395 g/mol. The SMILES string of the molecule is C[C@]12CC[C@@H]3c4c(cc(O)cc4OCc4ccccc4)CC[C@H]3[C@@H]1C[C@@H](O)[C@@H]2O. The quantitative estimate of drug-likeness (QED) is 0.731. The van der Waals surface area contributed by atoms with E-state index in [4.69, 9.17) is 4.74 Å². The van der Waals surface area contributed by atoms with Crippen molar-refractivity contribution in [2.24, 2.45) is 17.3 Å². The molecule has 29 heavy (non-hydrogen) atoms. The zero-order chi connectivity index (χ0) is 20.2. The predicted molar refractivity (Wildman–Crippen MR) is 111 cm³/mol. The van der Waals surface area contributed by atoms with Crippen LogP contribution in [0, 0.1) is 17.3 Å². The molecule has 4 heteroatoms. The maximum absolute atomic E-state index is 10.6.